The number of sulfonamides is 1. The van der Waals surface area contributed by atoms with Gasteiger partial charge in [0.15, 0.2) is 0 Å². The molecule has 2 rings (SSSR count). The average Bonchev–Trinajstić information content (AvgIpc) is 2.56. The van der Waals surface area contributed by atoms with E-state index in [4.69, 9.17) is 9.88 Å². The number of ether oxygens (including phenoxy) is 1. The molecule has 7 nitrogen and oxygen atoms in total. The van der Waals surface area contributed by atoms with Crippen LogP contribution in [0.2, 0.25) is 0 Å². The van der Waals surface area contributed by atoms with Crippen LogP contribution in [-0.4, -0.2) is 70.6 Å². The molecule has 0 bridgehead atoms. The van der Waals surface area contributed by atoms with Gasteiger partial charge in [-0.15, -0.1) is 0 Å². The molecular formula is C16H24FN3O4S. The second kappa shape index (κ2) is 8.22. The molecule has 1 aromatic carbocycles. The molecule has 0 atom stereocenters. The molecule has 0 radical (unpaired) electrons. The molecule has 1 saturated heterocycles. The third kappa shape index (κ3) is 4.97. The van der Waals surface area contributed by atoms with Gasteiger partial charge in [0.1, 0.15) is 5.82 Å². The summed E-state index contributed by atoms with van der Waals surface area (Å²) in [6, 6.07) is 2.96. The van der Waals surface area contributed by atoms with Crippen LogP contribution in [0.15, 0.2) is 23.1 Å². The van der Waals surface area contributed by atoms with Crippen LogP contribution in [0, 0.1) is 5.82 Å². The van der Waals surface area contributed by atoms with Gasteiger partial charge in [0, 0.05) is 19.7 Å². The van der Waals surface area contributed by atoms with Gasteiger partial charge in [-0.1, -0.05) is 0 Å². The van der Waals surface area contributed by atoms with E-state index in [-0.39, 0.29) is 16.5 Å². The van der Waals surface area contributed by atoms with Crippen LogP contribution in [0.1, 0.15) is 23.2 Å². The first-order valence-corrected chi connectivity index (χ1v) is 9.59. The number of primary sulfonamides is 1. The van der Waals surface area contributed by atoms with Crippen LogP contribution >= 0.6 is 0 Å². The third-order valence-electron chi connectivity index (χ3n) is 4.42. The van der Waals surface area contributed by atoms with Gasteiger partial charge in [-0.05, 0) is 51.2 Å². The Morgan fingerprint density at radius 2 is 2.04 bits per heavy atom. The van der Waals surface area contributed by atoms with Gasteiger partial charge >= 0.3 is 0 Å². The van der Waals surface area contributed by atoms with Crippen molar-refractivity contribution >= 4 is 15.9 Å². The Bertz CT molecular complexity index is 718. The first kappa shape index (κ1) is 19.8. The van der Waals surface area contributed by atoms with Crippen molar-refractivity contribution < 1.29 is 22.3 Å². The van der Waals surface area contributed by atoms with Crippen molar-refractivity contribution in [1.82, 2.24) is 9.80 Å². The standard InChI is InChI=1S/C16H24FN3O4S/c1-19-7-5-12(6-8-19)20(9-10-24-2)16(21)14-11-13(25(18,22)23)3-4-15(14)17/h3-4,11-12H,5-10H2,1-2H3,(H2,18,22,23). The fourth-order valence-electron chi connectivity index (χ4n) is 2.95. The molecule has 1 fully saturated rings. The predicted octanol–water partition coefficient (Wildman–Crippen LogP) is 0.656. The quantitative estimate of drug-likeness (QED) is 0.791. The Hall–Kier alpha value is -1.55. The van der Waals surface area contributed by atoms with Gasteiger partial charge in [-0.3, -0.25) is 4.79 Å². The molecule has 1 aliphatic rings. The van der Waals surface area contributed by atoms with E-state index in [0.717, 1.165) is 44.1 Å². The van der Waals surface area contributed by atoms with Gasteiger partial charge in [0.2, 0.25) is 10.0 Å². The molecule has 0 aliphatic carbocycles. The Morgan fingerprint density at radius 1 is 1.40 bits per heavy atom. The summed E-state index contributed by atoms with van der Waals surface area (Å²) in [6.45, 7) is 2.29. The summed E-state index contributed by atoms with van der Waals surface area (Å²) in [6.07, 6.45) is 1.53. The summed E-state index contributed by atoms with van der Waals surface area (Å²) >= 11 is 0. The highest BCUT2D eigenvalue weighted by Gasteiger charge is 2.29. The Morgan fingerprint density at radius 3 is 2.60 bits per heavy atom. The van der Waals surface area contributed by atoms with E-state index in [0.29, 0.717) is 13.2 Å². The molecule has 1 amide bonds. The fourth-order valence-corrected chi connectivity index (χ4v) is 3.49. The second-order valence-electron chi connectivity index (χ2n) is 6.21. The van der Waals surface area contributed by atoms with Gasteiger partial charge < -0.3 is 14.5 Å². The van der Waals surface area contributed by atoms with E-state index in [1.54, 1.807) is 4.90 Å². The summed E-state index contributed by atoms with van der Waals surface area (Å²) < 4.78 is 42.3. The zero-order valence-corrected chi connectivity index (χ0v) is 15.3. The molecule has 25 heavy (non-hydrogen) atoms. The maximum Gasteiger partial charge on any atom is 0.257 e. The first-order chi connectivity index (χ1) is 11.7. The Kier molecular flexibility index (Phi) is 6.50. The van der Waals surface area contributed by atoms with E-state index in [1.807, 2.05) is 7.05 Å². The first-order valence-electron chi connectivity index (χ1n) is 8.05. The minimum absolute atomic E-state index is 0.0450. The number of carbonyl (C=O) groups excluding carboxylic acids is 1. The lowest BCUT2D eigenvalue weighted by Crippen LogP contribution is -2.48. The zero-order valence-electron chi connectivity index (χ0n) is 14.4. The lowest BCUT2D eigenvalue weighted by molar-refractivity contribution is 0.0500. The van der Waals surface area contributed by atoms with E-state index in [9.17, 15) is 17.6 Å². The van der Waals surface area contributed by atoms with Crippen molar-refractivity contribution in [3.05, 3.63) is 29.6 Å². The summed E-state index contributed by atoms with van der Waals surface area (Å²) in [4.78, 5) is 16.4. The summed E-state index contributed by atoms with van der Waals surface area (Å²) in [5, 5.41) is 5.09. The highest BCUT2D eigenvalue weighted by atomic mass is 32.2. The summed E-state index contributed by atoms with van der Waals surface area (Å²) in [7, 11) is -0.485. The molecule has 2 N–H and O–H groups in total. The molecule has 1 aliphatic heterocycles. The molecule has 0 unspecified atom stereocenters. The highest BCUT2D eigenvalue weighted by Crippen LogP contribution is 2.21. The van der Waals surface area contributed by atoms with Crippen molar-refractivity contribution in [3.8, 4) is 0 Å². The number of amides is 1. The van der Waals surface area contributed by atoms with Crippen molar-refractivity contribution in [2.45, 2.75) is 23.8 Å². The summed E-state index contributed by atoms with van der Waals surface area (Å²) in [5.74, 6) is -1.32. The number of likely N-dealkylation sites (tertiary alicyclic amines) is 1. The van der Waals surface area contributed by atoms with Crippen LogP contribution in [-0.2, 0) is 14.8 Å². The molecule has 0 aromatic heterocycles. The Labute approximate surface area is 147 Å². The van der Waals surface area contributed by atoms with Crippen molar-refractivity contribution in [3.63, 3.8) is 0 Å². The summed E-state index contributed by atoms with van der Waals surface area (Å²) in [5.41, 5.74) is -0.290. The van der Waals surface area contributed by atoms with Crippen LogP contribution in [0.3, 0.4) is 0 Å². The number of methoxy groups -OCH3 is 1. The number of nitrogens with zero attached hydrogens (tertiary/aromatic N) is 2. The molecule has 140 valence electrons. The maximum atomic E-state index is 14.2. The van der Waals surface area contributed by atoms with Gasteiger partial charge in [0.25, 0.3) is 5.91 Å². The monoisotopic (exact) mass is 373 g/mol. The number of halogens is 1. The van der Waals surface area contributed by atoms with Crippen molar-refractivity contribution in [2.75, 3.05) is 40.4 Å². The van der Waals surface area contributed by atoms with Crippen molar-refractivity contribution in [1.29, 1.82) is 0 Å². The van der Waals surface area contributed by atoms with Gasteiger partial charge in [-0.2, -0.15) is 0 Å². The third-order valence-corrected chi connectivity index (χ3v) is 5.33. The van der Waals surface area contributed by atoms with E-state index in [1.165, 1.54) is 7.11 Å². The largest absolute Gasteiger partial charge is 0.383 e. The van der Waals surface area contributed by atoms with Crippen LogP contribution in [0.4, 0.5) is 4.39 Å². The van der Waals surface area contributed by atoms with Crippen molar-refractivity contribution in [2.24, 2.45) is 5.14 Å². The minimum Gasteiger partial charge on any atom is -0.383 e. The molecule has 9 heteroatoms. The lowest BCUT2D eigenvalue weighted by Gasteiger charge is -2.37. The molecule has 0 saturated carbocycles. The smallest absolute Gasteiger partial charge is 0.257 e. The predicted molar refractivity (Wildman–Crippen MR) is 91.2 cm³/mol. The SMILES string of the molecule is COCCN(C(=O)c1cc(S(N)(=O)=O)ccc1F)C1CCN(C)CC1. The molecule has 0 spiro atoms. The number of benzene rings is 1. The number of piperidine rings is 1. The van der Waals surface area contributed by atoms with Crippen LogP contribution in [0.25, 0.3) is 0 Å². The zero-order chi connectivity index (χ0) is 18.6. The number of carbonyl (C=O) groups is 1. The number of hydrogen-bond donors (Lipinski definition) is 1. The normalized spacial score (nSPS) is 16.8. The maximum absolute atomic E-state index is 14.2. The molecular weight excluding hydrogens is 349 g/mol. The topological polar surface area (TPSA) is 92.9 Å². The lowest BCUT2D eigenvalue weighted by atomic mass is 10.0. The van der Waals surface area contributed by atoms with Gasteiger partial charge in [-0.25, -0.2) is 17.9 Å². The highest BCUT2D eigenvalue weighted by molar-refractivity contribution is 7.89. The van der Waals surface area contributed by atoms with E-state index < -0.39 is 21.7 Å². The number of rotatable bonds is 6. The fraction of sp³-hybridized carbons (Fsp3) is 0.562. The number of hydrogen-bond acceptors (Lipinski definition) is 5. The minimum atomic E-state index is -4.02. The molecule has 1 aromatic rings. The number of nitrogens with two attached hydrogens (primary N) is 1. The van der Waals surface area contributed by atoms with E-state index in [2.05, 4.69) is 4.90 Å². The molecule has 1 heterocycles. The second-order valence-corrected chi connectivity index (χ2v) is 7.77. The van der Waals surface area contributed by atoms with Crippen LogP contribution in [0.5, 0.6) is 0 Å². The van der Waals surface area contributed by atoms with E-state index >= 15 is 0 Å². The van der Waals surface area contributed by atoms with Gasteiger partial charge in [0.05, 0.1) is 17.1 Å². The van der Waals surface area contributed by atoms with Crippen LogP contribution < -0.4 is 5.14 Å². The average molecular weight is 373 g/mol. The Balaban J connectivity index is 2.32.